The zero-order chi connectivity index (χ0) is 9.97. The van der Waals surface area contributed by atoms with Crippen molar-refractivity contribution in [2.24, 2.45) is 0 Å². The molecule has 0 unspecified atom stereocenters. The molecule has 0 atom stereocenters. The summed E-state index contributed by atoms with van der Waals surface area (Å²) in [6.07, 6.45) is 3.70. The molecule has 2 N–H and O–H groups in total. The van der Waals surface area contributed by atoms with Gasteiger partial charge in [0.2, 0.25) is 0 Å². The molecule has 0 spiro atoms. The Balaban J connectivity index is 2.25. The van der Waals surface area contributed by atoms with Crippen LogP contribution in [0.2, 0.25) is 0 Å². The fraction of sp³-hybridized carbons (Fsp3) is 0.100. The van der Waals surface area contributed by atoms with Crippen LogP contribution in [0.1, 0.15) is 5.56 Å². The lowest BCUT2D eigenvalue weighted by atomic mass is 10.2. The molecule has 1 aromatic carbocycles. The summed E-state index contributed by atoms with van der Waals surface area (Å²) in [4.78, 5) is 0. The third-order valence-corrected chi connectivity index (χ3v) is 2.71. The van der Waals surface area contributed by atoms with Gasteiger partial charge in [-0.25, -0.2) is 0 Å². The van der Waals surface area contributed by atoms with Crippen LogP contribution in [0.5, 0.6) is 0 Å². The molecule has 0 saturated carbocycles. The number of nitrogens with zero attached hydrogens (tertiary/aromatic N) is 2. The van der Waals surface area contributed by atoms with Gasteiger partial charge in [-0.2, -0.15) is 5.10 Å². The molecule has 0 fully saturated rings. The predicted octanol–water partition coefficient (Wildman–Crippen LogP) is 2.28. The molecular weight excluding hydrogens is 242 g/mol. The van der Waals surface area contributed by atoms with Crippen molar-refractivity contribution in [3.8, 4) is 0 Å². The maximum atomic E-state index is 5.65. The second-order valence-electron chi connectivity index (χ2n) is 3.05. The fourth-order valence-corrected chi connectivity index (χ4v) is 1.78. The quantitative estimate of drug-likeness (QED) is 0.833. The highest BCUT2D eigenvalue weighted by molar-refractivity contribution is 9.10. The molecule has 14 heavy (non-hydrogen) atoms. The molecule has 4 heteroatoms. The summed E-state index contributed by atoms with van der Waals surface area (Å²) in [6, 6.07) is 7.70. The Hall–Kier alpha value is -1.29. The highest BCUT2D eigenvalue weighted by Crippen LogP contribution is 2.20. The summed E-state index contributed by atoms with van der Waals surface area (Å²) in [5.74, 6) is 0. The van der Waals surface area contributed by atoms with Crippen LogP contribution in [0.4, 0.5) is 5.69 Å². The van der Waals surface area contributed by atoms with Crippen molar-refractivity contribution in [1.29, 1.82) is 0 Å². The molecule has 3 nitrogen and oxygen atoms in total. The minimum atomic E-state index is 0.758. The van der Waals surface area contributed by atoms with Crippen LogP contribution < -0.4 is 5.73 Å². The highest BCUT2D eigenvalue weighted by atomic mass is 79.9. The van der Waals surface area contributed by atoms with Crippen molar-refractivity contribution >= 4 is 21.6 Å². The van der Waals surface area contributed by atoms with E-state index in [0.717, 1.165) is 16.7 Å². The first kappa shape index (κ1) is 9.27. The predicted molar refractivity (Wildman–Crippen MR) is 59.9 cm³/mol. The van der Waals surface area contributed by atoms with Gasteiger partial charge in [-0.15, -0.1) is 0 Å². The SMILES string of the molecule is Nc1ccc(Cn2cccn2)c(Br)c1. The van der Waals surface area contributed by atoms with E-state index in [9.17, 15) is 0 Å². The normalized spacial score (nSPS) is 10.4. The number of anilines is 1. The molecule has 0 bridgehead atoms. The molecule has 0 aliphatic rings. The minimum Gasteiger partial charge on any atom is -0.399 e. The molecule has 1 heterocycles. The highest BCUT2D eigenvalue weighted by Gasteiger charge is 2.00. The second kappa shape index (κ2) is 3.84. The number of halogens is 1. The maximum absolute atomic E-state index is 5.65. The molecule has 0 saturated heterocycles. The van der Waals surface area contributed by atoms with E-state index >= 15 is 0 Å². The van der Waals surface area contributed by atoms with E-state index < -0.39 is 0 Å². The molecule has 2 rings (SSSR count). The van der Waals surface area contributed by atoms with Crippen LogP contribution in [-0.4, -0.2) is 9.78 Å². The van der Waals surface area contributed by atoms with Crippen LogP contribution in [0.25, 0.3) is 0 Å². The van der Waals surface area contributed by atoms with Gasteiger partial charge >= 0.3 is 0 Å². The van der Waals surface area contributed by atoms with Crippen LogP contribution in [0.15, 0.2) is 41.1 Å². The number of hydrogen-bond donors (Lipinski definition) is 1. The molecule has 0 aliphatic carbocycles. The molecule has 2 aromatic rings. The topological polar surface area (TPSA) is 43.8 Å². The summed E-state index contributed by atoms with van der Waals surface area (Å²) in [7, 11) is 0. The van der Waals surface area contributed by atoms with Gasteiger partial charge in [-0.05, 0) is 23.8 Å². The van der Waals surface area contributed by atoms with E-state index in [4.69, 9.17) is 5.73 Å². The standard InChI is InChI=1S/C10H10BrN3/c11-10-6-9(12)3-2-8(10)7-14-5-1-4-13-14/h1-6H,7,12H2. The summed E-state index contributed by atoms with van der Waals surface area (Å²) < 4.78 is 2.89. The summed E-state index contributed by atoms with van der Waals surface area (Å²) in [5.41, 5.74) is 7.58. The van der Waals surface area contributed by atoms with Crippen LogP contribution in [-0.2, 0) is 6.54 Å². The number of hydrogen-bond acceptors (Lipinski definition) is 2. The van der Waals surface area contributed by atoms with Crippen molar-refractivity contribution in [2.45, 2.75) is 6.54 Å². The molecule has 1 aromatic heterocycles. The first-order valence-corrected chi connectivity index (χ1v) is 5.06. The van der Waals surface area contributed by atoms with Gasteiger partial charge in [0.25, 0.3) is 0 Å². The zero-order valence-corrected chi connectivity index (χ0v) is 9.11. The fourth-order valence-electron chi connectivity index (χ4n) is 1.26. The lowest BCUT2D eigenvalue weighted by molar-refractivity contribution is 0.685. The average molecular weight is 252 g/mol. The van der Waals surface area contributed by atoms with Gasteiger partial charge < -0.3 is 5.73 Å². The van der Waals surface area contributed by atoms with Crippen molar-refractivity contribution in [3.05, 3.63) is 46.7 Å². The number of aromatic nitrogens is 2. The Bertz CT molecular complexity index is 423. The third kappa shape index (κ3) is 1.96. The van der Waals surface area contributed by atoms with Crippen LogP contribution in [0, 0.1) is 0 Å². The van der Waals surface area contributed by atoms with Crippen molar-refractivity contribution in [3.63, 3.8) is 0 Å². The van der Waals surface area contributed by atoms with Gasteiger partial charge in [0.1, 0.15) is 0 Å². The first-order valence-electron chi connectivity index (χ1n) is 4.27. The zero-order valence-electron chi connectivity index (χ0n) is 7.52. The Kier molecular flexibility index (Phi) is 2.54. The Morgan fingerprint density at radius 1 is 1.43 bits per heavy atom. The molecular formula is C10H10BrN3. The monoisotopic (exact) mass is 251 g/mol. The largest absolute Gasteiger partial charge is 0.399 e. The van der Waals surface area contributed by atoms with Crippen molar-refractivity contribution in [2.75, 3.05) is 5.73 Å². The molecule has 0 aliphatic heterocycles. The van der Waals surface area contributed by atoms with E-state index in [1.54, 1.807) is 6.20 Å². The van der Waals surface area contributed by atoms with E-state index in [2.05, 4.69) is 21.0 Å². The van der Waals surface area contributed by atoms with Crippen molar-refractivity contribution < 1.29 is 0 Å². The third-order valence-electron chi connectivity index (χ3n) is 1.97. The van der Waals surface area contributed by atoms with Gasteiger partial charge in [-0.3, -0.25) is 4.68 Å². The van der Waals surface area contributed by atoms with Crippen LogP contribution >= 0.6 is 15.9 Å². The smallest absolute Gasteiger partial charge is 0.0670 e. The molecule has 72 valence electrons. The Morgan fingerprint density at radius 3 is 2.93 bits per heavy atom. The Morgan fingerprint density at radius 2 is 2.29 bits per heavy atom. The van der Waals surface area contributed by atoms with E-state index in [0.29, 0.717) is 0 Å². The number of benzene rings is 1. The number of nitrogen functional groups attached to an aromatic ring is 1. The number of nitrogens with two attached hydrogens (primary N) is 1. The Labute approximate surface area is 90.7 Å². The summed E-state index contributed by atoms with van der Waals surface area (Å²) in [5, 5.41) is 4.14. The summed E-state index contributed by atoms with van der Waals surface area (Å²) >= 11 is 3.47. The van der Waals surface area contributed by atoms with Gasteiger partial charge in [0.05, 0.1) is 6.54 Å². The van der Waals surface area contributed by atoms with Gasteiger partial charge in [-0.1, -0.05) is 22.0 Å². The lowest BCUT2D eigenvalue weighted by Gasteiger charge is -2.05. The van der Waals surface area contributed by atoms with E-state index in [1.807, 2.05) is 35.1 Å². The molecule has 0 amide bonds. The molecule has 0 radical (unpaired) electrons. The van der Waals surface area contributed by atoms with E-state index in [1.165, 1.54) is 5.56 Å². The van der Waals surface area contributed by atoms with Crippen molar-refractivity contribution in [1.82, 2.24) is 9.78 Å². The second-order valence-corrected chi connectivity index (χ2v) is 3.91. The van der Waals surface area contributed by atoms with E-state index in [-0.39, 0.29) is 0 Å². The first-order chi connectivity index (χ1) is 6.75. The lowest BCUT2D eigenvalue weighted by Crippen LogP contribution is -2.00. The maximum Gasteiger partial charge on any atom is 0.0670 e. The number of rotatable bonds is 2. The summed E-state index contributed by atoms with van der Waals surface area (Å²) in [6.45, 7) is 0.758. The van der Waals surface area contributed by atoms with Gasteiger partial charge in [0, 0.05) is 22.6 Å². The van der Waals surface area contributed by atoms with Gasteiger partial charge in [0.15, 0.2) is 0 Å². The minimum absolute atomic E-state index is 0.758. The average Bonchev–Trinajstić information content (AvgIpc) is 2.62. The van der Waals surface area contributed by atoms with Crippen LogP contribution in [0.3, 0.4) is 0 Å².